The van der Waals surface area contributed by atoms with Crippen LogP contribution in [0.4, 0.5) is 17.6 Å². The standard InChI is InChI=1S/C5F4N.3C4H9.Sn/c6-2-1-3(7)5(9)10-4(2)8;3*1-3-4-2;/h;3*1,3-4H2,2H3;. The summed E-state index contributed by atoms with van der Waals surface area (Å²) in [4.78, 5) is 2.74. The zero-order chi connectivity index (χ0) is 17.5. The van der Waals surface area contributed by atoms with Gasteiger partial charge in [-0.05, 0) is 0 Å². The molecule has 0 saturated heterocycles. The predicted molar refractivity (Wildman–Crippen MR) is 88.6 cm³/mol. The molecule has 23 heavy (non-hydrogen) atoms. The van der Waals surface area contributed by atoms with E-state index >= 15 is 0 Å². The van der Waals surface area contributed by atoms with Gasteiger partial charge in [-0.1, -0.05) is 0 Å². The van der Waals surface area contributed by atoms with Crippen LogP contribution in [0.15, 0.2) is 0 Å². The fraction of sp³-hybridized carbons (Fsp3) is 0.706. The SMILES string of the molecule is CCC[CH2][Sn]([CH2]CCC)([CH2]CCC)[c]1c(F)c(F)nc(F)c1F. The molecular weight excluding hydrogens is 413 g/mol. The van der Waals surface area contributed by atoms with E-state index < -0.39 is 41.9 Å². The van der Waals surface area contributed by atoms with Gasteiger partial charge in [0.05, 0.1) is 0 Å². The molecule has 0 N–H and O–H groups in total. The monoisotopic (exact) mass is 441 g/mol. The number of rotatable bonds is 10. The first kappa shape index (κ1) is 20.7. The summed E-state index contributed by atoms with van der Waals surface area (Å²) in [7, 11) is 0. The maximum atomic E-state index is 14.4. The van der Waals surface area contributed by atoms with Gasteiger partial charge in [-0.25, -0.2) is 0 Å². The predicted octanol–water partition coefficient (Wildman–Crippen LogP) is 5.69. The van der Waals surface area contributed by atoms with E-state index in [4.69, 9.17) is 0 Å². The summed E-state index contributed by atoms with van der Waals surface area (Å²) in [6.45, 7) is 6.07. The van der Waals surface area contributed by atoms with Crippen LogP contribution in [0.2, 0.25) is 13.3 Å². The molecule has 0 saturated carbocycles. The van der Waals surface area contributed by atoms with Gasteiger partial charge in [0, 0.05) is 0 Å². The summed E-state index contributed by atoms with van der Waals surface area (Å²) in [5.74, 6) is -5.46. The maximum absolute atomic E-state index is 14.4. The van der Waals surface area contributed by atoms with Crippen LogP contribution >= 0.6 is 0 Å². The fourth-order valence-electron chi connectivity index (χ4n) is 3.25. The number of hydrogen-bond donors (Lipinski definition) is 0. The van der Waals surface area contributed by atoms with E-state index in [1.165, 1.54) is 0 Å². The van der Waals surface area contributed by atoms with Gasteiger partial charge in [0.25, 0.3) is 0 Å². The van der Waals surface area contributed by atoms with E-state index in [-0.39, 0.29) is 3.58 Å². The second-order valence-corrected chi connectivity index (χ2v) is 19.3. The molecule has 0 unspecified atom stereocenters. The van der Waals surface area contributed by atoms with Crippen molar-refractivity contribution in [2.75, 3.05) is 0 Å². The number of nitrogens with zero attached hydrogens (tertiary/aromatic N) is 1. The van der Waals surface area contributed by atoms with Gasteiger partial charge in [0.15, 0.2) is 0 Å². The van der Waals surface area contributed by atoms with Crippen LogP contribution in [-0.2, 0) is 0 Å². The van der Waals surface area contributed by atoms with E-state index in [2.05, 4.69) is 4.98 Å². The fourth-order valence-corrected chi connectivity index (χ4v) is 19.6. The number of halogens is 4. The molecule has 1 nitrogen and oxygen atoms in total. The van der Waals surface area contributed by atoms with E-state index in [1.807, 2.05) is 20.8 Å². The summed E-state index contributed by atoms with van der Waals surface area (Å²) < 4.78 is 58.2. The molecule has 0 atom stereocenters. The van der Waals surface area contributed by atoms with Crippen molar-refractivity contribution in [1.82, 2.24) is 4.98 Å². The number of aromatic nitrogens is 1. The van der Waals surface area contributed by atoms with Crippen LogP contribution < -0.4 is 3.58 Å². The zero-order valence-corrected chi connectivity index (χ0v) is 17.2. The Kier molecular flexibility index (Phi) is 8.86. The number of hydrogen-bond acceptors (Lipinski definition) is 1. The second kappa shape index (κ2) is 9.84. The van der Waals surface area contributed by atoms with Crippen LogP contribution in [0.1, 0.15) is 59.3 Å². The average Bonchev–Trinajstić information content (AvgIpc) is 2.54. The van der Waals surface area contributed by atoms with Crippen LogP contribution in [0.25, 0.3) is 0 Å². The summed E-state index contributed by atoms with van der Waals surface area (Å²) >= 11 is -3.58. The Bertz CT molecular complexity index is 460. The van der Waals surface area contributed by atoms with Gasteiger partial charge in [-0.3, -0.25) is 0 Å². The third-order valence-electron chi connectivity index (χ3n) is 4.55. The van der Waals surface area contributed by atoms with Crippen LogP contribution in [0.3, 0.4) is 0 Å². The van der Waals surface area contributed by atoms with Crippen LogP contribution in [0.5, 0.6) is 0 Å². The average molecular weight is 440 g/mol. The first-order chi connectivity index (χ1) is 10.9. The molecule has 1 heterocycles. The van der Waals surface area contributed by atoms with E-state index in [1.54, 1.807) is 0 Å². The Labute approximate surface area is 140 Å². The van der Waals surface area contributed by atoms with Crippen LogP contribution in [-0.4, -0.2) is 23.4 Å². The van der Waals surface area contributed by atoms with E-state index in [0.717, 1.165) is 51.8 Å². The molecule has 132 valence electrons. The molecule has 1 aromatic rings. The van der Waals surface area contributed by atoms with Crippen molar-refractivity contribution in [1.29, 1.82) is 0 Å². The Morgan fingerprint density at radius 1 is 0.696 bits per heavy atom. The molecular formula is C17H27F4NSn. The third kappa shape index (κ3) is 5.07. The Hall–Kier alpha value is -0.331. The Morgan fingerprint density at radius 2 is 1.04 bits per heavy atom. The second-order valence-electron chi connectivity index (χ2n) is 6.29. The summed E-state index contributed by atoms with van der Waals surface area (Å²) in [5.41, 5.74) is 0. The summed E-state index contributed by atoms with van der Waals surface area (Å²) in [5, 5.41) is 0. The molecule has 0 spiro atoms. The molecule has 0 aliphatic rings. The topological polar surface area (TPSA) is 12.9 Å². The minimum atomic E-state index is -3.58. The molecule has 0 fully saturated rings. The Morgan fingerprint density at radius 3 is 1.35 bits per heavy atom. The van der Waals surface area contributed by atoms with E-state index in [0.29, 0.717) is 0 Å². The van der Waals surface area contributed by atoms with Gasteiger partial charge in [0.1, 0.15) is 0 Å². The molecule has 1 aromatic heterocycles. The van der Waals surface area contributed by atoms with Gasteiger partial charge < -0.3 is 0 Å². The molecule has 0 aliphatic heterocycles. The molecule has 6 heteroatoms. The first-order valence-corrected chi connectivity index (χ1v) is 16.1. The third-order valence-corrected chi connectivity index (χ3v) is 20.1. The van der Waals surface area contributed by atoms with Crippen molar-refractivity contribution in [3.05, 3.63) is 23.5 Å². The van der Waals surface area contributed by atoms with Crippen molar-refractivity contribution in [2.24, 2.45) is 0 Å². The zero-order valence-electron chi connectivity index (χ0n) is 14.3. The molecule has 0 bridgehead atoms. The van der Waals surface area contributed by atoms with E-state index in [9.17, 15) is 17.6 Å². The molecule has 0 amide bonds. The minimum absolute atomic E-state index is 0.223. The Balaban J connectivity index is 3.46. The first-order valence-electron chi connectivity index (χ1n) is 8.64. The summed E-state index contributed by atoms with van der Waals surface area (Å²) in [6.07, 6.45) is 5.30. The number of pyridine rings is 1. The quantitative estimate of drug-likeness (QED) is 0.259. The van der Waals surface area contributed by atoms with Crippen LogP contribution in [0, 0.1) is 23.5 Å². The van der Waals surface area contributed by atoms with Gasteiger partial charge in [0.2, 0.25) is 0 Å². The summed E-state index contributed by atoms with van der Waals surface area (Å²) in [6, 6.07) is 0. The van der Waals surface area contributed by atoms with Gasteiger partial charge in [-0.15, -0.1) is 0 Å². The molecule has 0 radical (unpaired) electrons. The van der Waals surface area contributed by atoms with Crippen molar-refractivity contribution >= 4 is 22.0 Å². The van der Waals surface area contributed by atoms with Gasteiger partial charge >= 0.3 is 141 Å². The van der Waals surface area contributed by atoms with Crippen molar-refractivity contribution in [3.63, 3.8) is 0 Å². The number of unbranched alkanes of at least 4 members (excludes halogenated alkanes) is 3. The van der Waals surface area contributed by atoms with Crippen molar-refractivity contribution in [3.8, 4) is 0 Å². The molecule has 0 aromatic carbocycles. The van der Waals surface area contributed by atoms with Crippen molar-refractivity contribution < 1.29 is 17.6 Å². The molecule has 1 rings (SSSR count). The van der Waals surface area contributed by atoms with Crippen molar-refractivity contribution in [2.45, 2.75) is 72.6 Å². The normalized spacial score (nSPS) is 12.0. The van der Waals surface area contributed by atoms with Gasteiger partial charge in [-0.2, -0.15) is 0 Å². The molecule has 0 aliphatic carbocycles.